The minimum absolute atomic E-state index is 0.313. The smallest absolute Gasteiger partial charge is 0.137 e. The summed E-state index contributed by atoms with van der Waals surface area (Å²) in [5, 5.41) is 12.2. The molecule has 5 rings (SSSR count). The second-order valence-electron chi connectivity index (χ2n) is 7.98. The van der Waals surface area contributed by atoms with Gasteiger partial charge in [0.2, 0.25) is 0 Å². The lowest BCUT2D eigenvalue weighted by Crippen LogP contribution is -2.42. The van der Waals surface area contributed by atoms with Crippen LogP contribution in [0.2, 0.25) is 0 Å². The molecule has 1 saturated heterocycles. The third-order valence-corrected chi connectivity index (χ3v) is 6.14. The number of nitrogens with one attached hydrogen (secondary N) is 1. The molecule has 1 aliphatic heterocycles. The van der Waals surface area contributed by atoms with Crippen LogP contribution in [0.3, 0.4) is 0 Å². The molecule has 5 heteroatoms. The van der Waals surface area contributed by atoms with Crippen molar-refractivity contribution in [3.8, 4) is 0 Å². The van der Waals surface area contributed by atoms with Crippen molar-refractivity contribution in [1.29, 1.82) is 0 Å². The van der Waals surface area contributed by atoms with Crippen molar-refractivity contribution in [2.24, 2.45) is 0 Å². The Bertz CT molecular complexity index is 971. The first-order valence-electron chi connectivity index (χ1n) is 9.79. The van der Waals surface area contributed by atoms with E-state index in [9.17, 15) is 9.50 Å². The van der Waals surface area contributed by atoms with Gasteiger partial charge in [-0.05, 0) is 55.4 Å². The number of rotatable bonds is 4. The van der Waals surface area contributed by atoms with Crippen molar-refractivity contribution in [3.05, 3.63) is 65.2 Å². The third kappa shape index (κ3) is 3.05. The summed E-state index contributed by atoms with van der Waals surface area (Å²) in [6.45, 7) is 2.36. The van der Waals surface area contributed by atoms with Crippen molar-refractivity contribution in [3.63, 3.8) is 0 Å². The summed E-state index contributed by atoms with van der Waals surface area (Å²) in [5.74, 6) is 0.321. The highest BCUT2D eigenvalue weighted by Crippen LogP contribution is 2.43. The Kier molecular flexibility index (Phi) is 4.02. The molecule has 2 aromatic heterocycles. The van der Waals surface area contributed by atoms with Crippen LogP contribution in [0.1, 0.15) is 48.4 Å². The van der Waals surface area contributed by atoms with Gasteiger partial charge >= 0.3 is 0 Å². The molecule has 3 aromatic rings. The molecule has 4 nitrogen and oxygen atoms in total. The predicted molar refractivity (Wildman–Crippen MR) is 103 cm³/mol. The molecule has 0 unspecified atom stereocenters. The summed E-state index contributed by atoms with van der Waals surface area (Å²) in [4.78, 5) is 10.4. The van der Waals surface area contributed by atoms with Crippen molar-refractivity contribution in [1.82, 2.24) is 14.9 Å². The molecule has 0 bridgehead atoms. The van der Waals surface area contributed by atoms with Gasteiger partial charge in [0.1, 0.15) is 11.5 Å². The standard InChI is InChI=1S/C22H24FN3O/c23-19-6-2-1-5-18(19)22(27)9-12-26(13-10-22)14-17-16-4-3-11-24-21(16)25-20(17)15-7-8-15/h1-6,11,15,27H,7-10,12-14H2,(H,24,25). The van der Waals surface area contributed by atoms with E-state index in [1.165, 1.54) is 35.6 Å². The van der Waals surface area contributed by atoms with Crippen molar-refractivity contribution >= 4 is 11.0 Å². The highest BCUT2D eigenvalue weighted by molar-refractivity contribution is 5.81. The first kappa shape index (κ1) is 16.9. The summed E-state index contributed by atoms with van der Waals surface area (Å²) in [6.07, 6.45) is 5.41. The highest BCUT2D eigenvalue weighted by Gasteiger charge is 2.37. The number of aromatic amines is 1. The summed E-state index contributed by atoms with van der Waals surface area (Å²) in [5.41, 5.74) is 3.01. The number of pyridine rings is 1. The first-order chi connectivity index (χ1) is 13.1. The number of aliphatic hydroxyl groups is 1. The van der Waals surface area contributed by atoms with Gasteiger partial charge < -0.3 is 10.1 Å². The molecule has 140 valence electrons. The van der Waals surface area contributed by atoms with Crippen LogP contribution in [0.4, 0.5) is 4.39 Å². The molecule has 2 aliphatic rings. The van der Waals surface area contributed by atoms with Gasteiger partial charge in [0.05, 0.1) is 5.60 Å². The van der Waals surface area contributed by atoms with E-state index in [1.54, 1.807) is 18.2 Å². The normalized spacial score (nSPS) is 20.2. The van der Waals surface area contributed by atoms with Gasteiger partial charge in [0.25, 0.3) is 0 Å². The van der Waals surface area contributed by atoms with E-state index in [0.29, 0.717) is 24.3 Å². The van der Waals surface area contributed by atoms with E-state index in [2.05, 4.69) is 20.9 Å². The molecular formula is C22H24FN3O. The molecule has 2 N–H and O–H groups in total. The summed E-state index contributed by atoms with van der Waals surface area (Å²) >= 11 is 0. The van der Waals surface area contributed by atoms with Crippen molar-refractivity contribution < 1.29 is 9.50 Å². The van der Waals surface area contributed by atoms with Gasteiger partial charge in [-0.15, -0.1) is 0 Å². The fourth-order valence-corrected chi connectivity index (χ4v) is 4.40. The van der Waals surface area contributed by atoms with Crippen molar-refractivity contribution in [2.75, 3.05) is 13.1 Å². The summed E-state index contributed by atoms with van der Waals surface area (Å²) in [7, 11) is 0. The molecule has 1 aromatic carbocycles. The number of benzene rings is 1. The molecule has 2 fully saturated rings. The number of likely N-dealkylation sites (tertiary alicyclic amines) is 1. The van der Waals surface area contributed by atoms with Crippen LogP contribution in [0.15, 0.2) is 42.6 Å². The minimum Gasteiger partial charge on any atom is -0.385 e. The number of fused-ring (bicyclic) bond motifs is 1. The van der Waals surface area contributed by atoms with Gasteiger partial charge in [0, 0.05) is 42.5 Å². The molecule has 0 atom stereocenters. The zero-order valence-corrected chi connectivity index (χ0v) is 15.3. The number of hydrogen-bond donors (Lipinski definition) is 2. The van der Waals surface area contributed by atoms with Gasteiger partial charge in [-0.2, -0.15) is 0 Å². The zero-order chi connectivity index (χ0) is 18.4. The van der Waals surface area contributed by atoms with E-state index in [-0.39, 0.29) is 5.82 Å². The number of aromatic nitrogens is 2. The highest BCUT2D eigenvalue weighted by atomic mass is 19.1. The number of piperidine rings is 1. The van der Waals surface area contributed by atoms with Crippen LogP contribution in [-0.2, 0) is 12.1 Å². The van der Waals surface area contributed by atoms with Crippen LogP contribution in [0, 0.1) is 5.82 Å². The van der Waals surface area contributed by atoms with E-state index in [1.807, 2.05) is 12.3 Å². The van der Waals surface area contributed by atoms with Crippen LogP contribution in [0.25, 0.3) is 11.0 Å². The van der Waals surface area contributed by atoms with Gasteiger partial charge in [-0.1, -0.05) is 18.2 Å². The van der Waals surface area contributed by atoms with Crippen LogP contribution in [-0.4, -0.2) is 33.1 Å². The largest absolute Gasteiger partial charge is 0.385 e. The average molecular weight is 365 g/mol. The first-order valence-corrected chi connectivity index (χ1v) is 9.79. The Labute approximate surface area is 158 Å². The Hall–Kier alpha value is -2.24. The number of hydrogen-bond acceptors (Lipinski definition) is 3. The SMILES string of the molecule is OC1(c2ccccc2F)CCN(Cc2c(C3CC3)[nH]c3ncccc23)CC1. The molecule has 1 aliphatic carbocycles. The Morgan fingerprint density at radius 1 is 1.15 bits per heavy atom. The topological polar surface area (TPSA) is 52.1 Å². The molecule has 27 heavy (non-hydrogen) atoms. The lowest BCUT2D eigenvalue weighted by molar-refractivity contribution is -0.0302. The molecule has 3 heterocycles. The maximum Gasteiger partial charge on any atom is 0.137 e. The fourth-order valence-electron chi connectivity index (χ4n) is 4.40. The van der Waals surface area contributed by atoms with Gasteiger partial charge in [0.15, 0.2) is 0 Å². The molecule has 0 amide bonds. The number of nitrogens with zero attached hydrogens (tertiary/aromatic N) is 2. The van der Waals surface area contributed by atoms with Crippen LogP contribution in [0.5, 0.6) is 0 Å². The Balaban J connectivity index is 1.36. The minimum atomic E-state index is -1.07. The number of H-pyrrole nitrogens is 1. The number of halogens is 1. The zero-order valence-electron chi connectivity index (χ0n) is 15.3. The summed E-state index contributed by atoms with van der Waals surface area (Å²) < 4.78 is 14.2. The monoisotopic (exact) mass is 365 g/mol. The maximum absolute atomic E-state index is 14.2. The third-order valence-electron chi connectivity index (χ3n) is 6.14. The quantitative estimate of drug-likeness (QED) is 0.733. The summed E-state index contributed by atoms with van der Waals surface area (Å²) in [6, 6.07) is 10.7. The Morgan fingerprint density at radius 3 is 2.67 bits per heavy atom. The fraction of sp³-hybridized carbons (Fsp3) is 0.409. The predicted octanol–water partition coefficient (Wildman–Crippen LogP) is 4.06. The second kappa shape index (κ2) is 6.43. The van der Waals surface area contributed by atoms with Crippen LogP contribution >= 0.6 is 0 Å². The van der Waals surface area contributed by atoms with Crippen molar-refractivity contribution in [2.45, 2.75) is 43.7 Å². The average Bonchev–Trinajstić information content (AvgIpc) is 3.47. The molecule has 1 saturated carbocycles. The van der Waals surface area contributed by atoms with E-state index >= 15 is 0 Å². The molecule has 0 spiro atoms. The van der Waals surface area contributed by atoms with Gasteiger partial charge in [-0.3, -0.25) is 4.90 Å². The Morgan fingerprint density at radius 2 is 1.93 bits per heavy atom. The van der Waals surface area contributed by atoms with Gasteiger partial charge in [-0.25, -0.2) is 9.37 Å². The van der Waals surface area contributed by atoms with Crippen LogP contribution < -0.4 is 0 Å². The molecular weight excluding hydrogens is 341 g/mol. The van der Waals surface area contributed by atoms with E-state index in [4.69, 9.17) is 0 Å². The lowest BCUT2D eigenvalue weighted by atomic mass is 9.84. The van der Waals surface area contributed by atoms with E-state index in [0.717, 1.165) is 25.3 Å². The molecule has 0 radical (unpaired) electrons. The second-order valence-corrected chi connectivity index (χ2v) is 7.98. The maximum atomic E-state index is 14.2. The van der Waals surface area contributed by atoms with E-state index < -0.39 is 5.60 Å². The lowest BCUT2D eigenvalue weighted by Gasteiger charge is -2.38.